The van der Waals surface area contributed by atoms with Crippen LogP contribution in [0.2, 0.25) is 5.02 Å². The molecule has 1 aromatic carbocycles. The van der Waals surface area contributed by atoms with Crippen LogP contribution in [-0.2, 0) is 6.54 Å². The van der Waals surface area contributed by atoms with Crippen molar-refractivity contribution in [2.45, 2.75) is 19.9 Å². The van der Waals surface area contributed by atoms with Crippen molar-refractivity contribution in [1.82, 2.24) is 10.3 Å². The Bertz CT molecular complexity index is 578. The lowest BCUT2D eigenvalue weighted by atomic mass is 10.2. The number of hydrogen-bond acceptors (Lipinski definition) is 3. The minimum absolute atomic E-state index is 0.364. The van der Waals surface area contributed by atoms with Gasteiger partial charge in [0, 0.05) is 12.1 Å². The highest BCUT2D eigenvalue weighted by atomic mass is 35.5. The van der Waals surface area contributed by atoms with Crippen LogP contribution in [0.5, 0.6) is 11.6 Å². The number of hydrogen-bond donors (Lipinski definition) is 1. The Labute approximate surface area is 122 Å². The Morgan fingerprint density at radius 2 is 2.15 bits per heavy atom. The van der Waals surface area contributed by atoms with Crippen LogP contribution in [0.25, 0.3) is 0 Å². The van der Waals surface area contributed by atoms with Crippen LogP contribution in [0.1, 0.15) is 18.9 Å². The van der Waals surface area contributed by atoms with Crippen LogP contribution in [0.15, 0.2) is 36.5 Å². The second-order valence-corrected chi connectivity index (χ2v) is 4.73. The summed E-state index contributed by atoms with van der Waals surface area (Å²) in [6.07, 6.45) is 2.14. The van der Waals surface area contributed by atoms with Gasteiger partial charge in [0.15, 0.2) is 0 Å². The van der Waals surface area contributed by atoms with Crippen molar-refractivity contribution in [3.63, 3.8) is 0 Å². The van der Waals surface area contributed by atoms with E-state index >= 15 is 0 Å². The molecule has 0 unspecified atom stereocenters. The van der Waals surface area contributed by atoms with Crippen LogP contribution in [-0.4, -0.2) is 11.5 Å². The predicted molar refractivity (Wildman–Crippen MR) is 77.7 cm³/mol. The minimum Gasteiger partial charge on any atom is -0.437 e. The van der Waals surface area contributed by atoms with Gasteiger partial charge in [0.1, 0.15) is 11.6 Å². The second kappa shape index (κ2) is 7.22. The number of rotatable bonds is 6. The van der Waals surface area contributed by atoms with E-state index in [4.69, 9.17) is 16.3 Å². The Balaban J connectivity index is 2.20. The van der Waals surface area contributed by atoms with Crippen molar-refractivity contribution in [1.29, 1.82) is 0 Å². The van der Waals surface area contributed by atoms with E-state index in [-0.39, 0.29) is 5.82 Å². The molecule has 0 bridgehead atoms. The summed E-state index contributed by atoms with van der Waals surface area (Å²) in [6, 6.07) is 8.53. The molecule has 1 heterocycles. The lowest BCUT2D eigenvalue weighted by molar-refractivity contribution is 0.448. The summed E-state index contributed by atoms with van der Waals surface area (Å²) in [6.45, 7) is 3.42. The molecule has 0 aliphatic heterocycles. The molecule has 0 atom stereocenters. The summed E-state index contributed by atoms with van der Waals surface area (Å²) < 4.78 is 19.0. The normalized spacial score (nSPS) is 10.6. The zero-order valence-corrected chi connectivity index (χ0v) is 12.0. The fraction of sp³-hybridized carbons (Fsp3) is 0.267. The van der Waals surface area contributed by atoms with Gasteiger partial charge < -0.3 is 10.1 Å². The molecular weight excluding hydrogens is 279 g/mol. The first-order valence-corrected chi connectivity index (χ1v) is 6.86. The van der Waals surface area contributed by atoms with E-state index in [2.05, 4.69) is 17.2 Å². The first kappa shape index (κ1) is 14.8. The van der Waals surface area contributed by atoms with Gasteiger partial charge in [-0.25, -0.2) is 9.37 Å². The molecule has 0 fully saturated rings. The monoisotopic (exact) mass is 294 g/mol. The van der Waals surface area contributed by atoms with Crippen molar-refractivity contribution >= 4 is 11.6 Å². The number of halogens is 2. The van der Waals surface area contributed by atoms with Crippen molar-refractivity contribution in [2.24, 2.45) is 0 Å². The Hall–Kier alpha value is -1.65. The van der Waals surface area contributed by atoms with Crippen molar-refractivity contribution in [3.8, 4) is 11.6 Å². The first-order valence-electron chi connectivity index (χ1n) is 6.48. The van der Waals surface area contributed by atoms with Crippen LogP contribution in [0.4, 0.5) is 4.39 Å². The van der Waals surface area contributed by atoms with Crippen LogP contribution in [0, 0.1) is 5.82 Å². The number of ether oxygens (including phenoxy) is 1. The molecule has 2 aromatic rings. The molecule has 0 aliphatic rings. The maximum absolute atomic E-state index is 13.3. The molecule has 2 rings (SSSR count). The summed E-state index contributed by atoms with van der Waals surface area (Å²) in [7, 11) is 0. The van der Waals surface area contributed by atoms with Gasteiger partial charge in [-0.1, -0.05) is 30.7 Å². The molecule has 3 nitrogen and oxygen atoms in total. The summed E-state index contributed by atoms with van der Waals surface area (Å²) in [4.78, 5) is 4.00. The van der Waals surface area contributed by atoms with Crippen LogP contribution >= 0.6 is 11.6 Å². The predicted octanol–water partition coefficient (Wildman–Crippen LogP) is 4.17. The highest BCUT2D eigenvalue weighted by molar-refractivity contribution is 6.32. The fourth-order valence-electron chi connectivity index (χ4n) is 1.72. The van der Waals surface area contributed by atoms with E-state index in [0.29, 0.717) is 28.8 Å². The Kier molecular flexibility index (Phi) is 5.32. The molecule has 0 amide bonds. The second-order valence-electron chi connectivity index (χ2n) is 4.33. The summed E-state index contributed by atoms with van der Waals surface area (Å²) in [5.41, 5.74) is 0.665. The molecule has 0 saturated heterocycles. The summed E-state index contributed by atoms with van der Waals surface area (Å²) in [5.74, 6) is 0.484. The van der Waals surface area contributed by atoms with Gasteiger partial charge in [0.05, 0.1) is 11.2 Å². The lowest BCUT2D eigenvalue weighted by Crippen LogP contribution is -2.15. The van der Waals surface area contributed by atoms with Crippen molar-refractivity contribution in [3.05, 3.63) is 52.9 Å². The Morgan fingerprint density at radius 1 is 1.35 bits per heavy atom. The van der Waals surface area contributed by atoms with Gasteiger partial charge >= 0.3 is 0 Å². The molecule has 20 heavy (non-hydrogen) atoms. The van der Waals surface area contributed by atoms with Crippen molar-refractivity contribution < 1.29 is 9.13 Å². The highest BCUT2D eigenvalue weighted by Crippen LogP contribution is 2.29. The van der Waals surface area contributed by atoms with Crippen molar-refractivity contribution in [2.75, 3.05) is 6.54 Å². The van der Waals surface area contributed by atoms with E-state index in [1.807, 2.05) is 12.1 Å². The number of pyridine rings is 1. The van der Waals surface area contributed by atoms with Gasteiger partial charge in [0.2, 0.25) is 5.88 Å². The molecule has 106 valence electrons. The SMILES string of the molecule is CCCNCc1cc(F)cnc1Oc1ccccc1Cl. The molecule has 1 N–H and O–H groups in total. The average Bonchev–Trinajstić information content (AvgIpc) is 2.44. The molecule has 0 saturated carbocycles. The third-order valence-corrected chi connectivity index (χ3v) is 2.99. The number of nitrogens with one attached hydrogen (secondary N) is 1. The summed E-state index contributed by atoms with van der Waals surface area (Å²) in [5, 5.41) is 3.69. The average molecular weight is 295 g/mol. The molecule has 1 aromatic heterocycles. The third-order valence-electron chi connectivity index (χ3n) is 2.68. The topological polar surface area (TPSA) is 34.2 Å². The molecular formula is C15H16ClFN2O. The number of nitrogens with zero attached hydrogens (tertiary/aromatic N) is 1. The third kappa shape index (κ3) is 3.92. The maximum atomic E-state index is 13.3. The molecule has 0 aliphatic carbocycles. The fourth-order valence-corrected chi connectivity index (χ4v) is 1.89. The van der Waals surface area contributed by atoms with Gasteiger partial charge in [-0.05, 0) is 31.2 Å². The standard InChI is InChI=1S/C15H16ClFN2O/c1-2-7-18-9-11-8-12(17)10-19-15(11)20-14-6-4-3-5-13(14)16/h3-6,8,10,18H,2,7,9H2,1H3. The zero-order chi connectivity index (χ0) is 14.4. The first-order chi connectivity index (χ1) is 9.70. The van der Waals surface area contributed by atoms with Crippen LogP contribution in [0.3, 0.4) is 0 Å². The minimum atomic E-state index is -0.384. The molecule has 0 spiro atoms. The Morgan fingerprint density at radius 3 is 2.90 bits per heavy atom. The lowest BCUT2D eigenvalue weighted by Gasteiger charge is -2.11. The molecule has 5 heteroatoms. The van der Waals surface area contributed by atoms with Gasteiger partial charge in [0.25, 0.3) is 0 Å². The quantitative estimate of drug-likeness (QED) is 0.812. The van der Waals surface area contributed by atoms with E-state index < -0.39 is 0 Å². The van der Waals surface area contributed by atoms with E-state index in [0.717, 1.165) is 19.2 Å². The zero-order valence-electron chi connectivity index (χ0n) is 11.2. The van der Waals surface area contributed by atoms with E-state index in [9.17, 15) is 4.39 Å². The molecule has 0 radical (unpaired) electrons. The van der Waals surface area contributed by atoms with Crippen LogP contribution < -0.4 is 10.1 Å². The highest BCUT2D eigenvalue weighted by Gasteiger charge is 2.10. The van der Waals surface area contributed by atoms with Gasteiger partial charge in [-0.2, -0.15) is 0 Å². The number of para-hydroxylation sites is 1. The largest absolute Gasteiger partial charge is 0.437 e. The smallest absolute Gasteiger partial charge is 0.223 e. The van der Waals surface area contributed by atoms with Gasteiger partial charge in [-0.15, -0.1) is 0 Å². The van der Waals surface area contributed by atoms with Gasteiger partial charge in [-0.3, -0.25) is 0 Å². The van der Waals surface area contributed by atoms with E-state index in [1.165, 1.54) is 6.07 Å². The summed E-state index contributed by atoms with van der Waals surface area (Å²) >= 11 is 6.04. The number of aromatic nitrogens is 1. The van der Waals surface area contributed by atoms with E-state index in [1.54, 1.807) is 12.1 Å². The maximum Gasteiger partial charge on any atom is 0.223 e. The number of benzene rings is 1.